The number of carbonyl (C=O) groups is 1. The number of hydrogen-bond donors (Lipinski definition) is 0. The molecule has 0 aliphatic carbocycles. The Morgan fingerprint density at radius 3 is 2.26 bits per heavy atom. The van der Waals surface area contributed by atoms with Crippen LogP contribution in [0, 0.1) is 0 Å². The third-order valence-corrected chi connectivity index (χ3v) is 6.65. The van der Waals surface area contributed by atoms with Crippen LogP contribution in [0.5, 0.6) is 0 Å². The molecule has 0 saturated heterocycles. The van der Waals surface area contributed by atoms with Crippen LogP contribution in [0.25, 0.3) is 0 Å². The van der Waals surface area contributed by atoms with E-state index in [9.17, 15) is 26.4 Å². The van der Waals surface area contributed by atoms with Gasteiger partial charge in [0, 0.05) is 17.1 Å². The SMILES string of the molecule is O=C1C=CN(S(=O)(=O)c2ccc(C(F)(F)F)cc2)C(c2ccccc2Br)C1. The molecule has 0 fully saturated rings. The number of sulfonamides is 1. The molecule has 1 unspecified atom stereocenters. The molecule has 0 spiro atoms. The number of ketones is 1. The third-order valence-electron chi connectivity index (χ3n) is 4.13. The van der Waals surface area contributed by atoms with Crippen molar-refractivity contribution in [2.45, 2.75) is 23.5 Å². The number of halogens is 4. The summed E-state index contributed by atoms with van der Waals surface area (Å²) in [5.74, 6) is -0.241. The van der Waals surface area contributed by atoms with Gasteiger partial charge in [-0.05, 0) is 42.0 Å². The van der Waals surface area contributed by atoms with Crippen molar-refractivity contribution < 1.29 is 26.4 Å². The summed E-state index contributed by atoms with van der Waals surface area (Å²) in [5, 5.41) is 0. The van der Waals surface area contributed by atoms with Crippen LogP contribution in [-0.2, 0) is 21.0 Å². The monoisotopic (exact) mass is 459 g/mol. The summed E-state index contributed by atoms with van der Waals surface area (Å²) in [7, 11) is -4.16. The maximum atomic E-state index is 13.0. The normalized spacial score (nSPS) is 18.0. The maximum Gasteiger partial charge on any atom is 0.416 e. The highest BCUT2D eigenvalue weighted by atomic mass is 79.9. The third kappa shape index (κ3) is 3.93. The van der Waals surface area contributed by atoms with E-state index in [4.69, 9.17) is 0 Å². The van der Waals surface area contributed by atoms with Crippen LogP contribution in [0.4, 0.5) is 13.2 Å². The second kappa shape index (κ2) is 7.12. The van der Waals surface area contributed by atoms with E-state index >= 15 is 0 Å². The molecule has 9 heteroatoms. The summed E-state index contributed by atoms with van der Waals surface area (Å²) < 4.78 is 65.9. The lowest BCUT2D eigenvalue weighted by Gasteiger charge is -2.32. The predicted molar refractivity (Wildman–Crippen MR) is 96.1 cm³/mol. The van der Waals surface area contributed by atoms with Gasteiger partial charge in [-0.2, -0.15) is 13.2 Å². The molecule has 1 aliphatic heterocycles. The second-order valence-electron chi connectivity index (χ2n) is 5.88. The van der Waals surface area contributed by atoms with Crippen molar-refractivity contribution in [3.05, 3.63) is 76.4 Å². The molecule has 0 saturated carbocycles. The molecule has 0 radical (unpaired) electrons. The Hall–Kier alpha value is -2.13. The van der Waals surface area contributed by atoms with Gasteiger partial charge in [-0.1, -0.05) is 34.1 Å². The van der Waals surface area contributed by atoms with Gasteiger partial charge in [-0.25, -0.2) is 8.42 Å². The summed E-state index contributed by atoms with van der Waals surface area (Å²) in [6.45, 7) is 0. The van der Waals surface area contributed by atoms with Crippen molar-refractivity contribution in [2.75, 3.05) is 0 Å². The van der Waals surface area contributed by atoms with Crippen molar-refractivity contribution in [3.63, 3.8) is 0 Å². The van der Waals surface area contributed by atoms with Crippen LogP contribution < -0.4 is 0 Å². The molecule has 1 atom stereocenters. The quantitative estimate of drug-likeness (QED) is 0.668. The zero-order valence-electron chi connectivity index (χ0n) is 13.7. The van der Waals surface area contributed by atoms with Crippen molar-refractivity contribution >= 4 is 31.7 Å². The minimum absolute atomic E-state index is 0.0705. The molecule has 142 valence electrons. The highest BCUT2D eigenvalue weighted by molar-refractivity contribution is 9.10. The van der Waals surface area contributed by atoms with E-state index in [1.165, 1.54) is 0 Å². The summed E-state index contributed by atoms with van der Waals surface area (Å²) in [4.78, 5) is 11.6. The molecule has 1 heterocycles. The lowest BCUT2D eigenvalue weighted by Crippen LogP contribution is -2.34. The van der Waals surface area contributed by atoms with Crippen molar-refractivity contribution in [2.24, 2.45) is 0 Å². The van der Waals surface area contributed by atoms with Gasteiger partial charge in [0.1, 0.15) is 0 Å². The minimum Gasteiger partial charge on any atom is -0.295 e. The number of benzene rings is 2. The van der Waals surface area contributed by atoms with Gasteiger partial charge in [-0.3, -0.25) is 9.10 Å². The molecule has 4 nitrogen and oxygen atoms in total. The topological polar surface area (TPSA) is 54.5 Å². The first-order valence-corrected chi connectivity index (χ1v) is 10.0. The fourth-order valence-electron chi connectivity index (χ4n) is 2.79. The molecule has 3 rings (SSSR count). The first-order valence-electron chi connectivity index (χ1n) is 7.77. The molecule has 0 amide bonds. The van der Waals surface area contributed by atoms with E-state index in [0.29, 0.717) is 10.0 Å². The van der Waals surface area contributed by atoms with E-state index < -0.39 is 27.8 Å². The summed E-state index contributed by atoms with van der Waals surface area (Å²) in [5.41, 5.74) is -0.348. The molecule has 27 heavy (non-hydrogen) atoms. The molecule has 0 bridgehead atoms. The highest BCUT2D eigenvalue weighted by Crippen LogP contribution is 2.37. The smallest absolute Gasteiger partial charge is 0.295 e. The van der Waals surface area contributed by atoms with Crippen molar-refractivity contribution in [3.8, 4) is 0 Å². The lowest BCUT2D eigenvalue weighted by atomic mass is 9.99. The van der Waals surface area contributed by atoms with Gasteiger partial charge in [-0.15, -0.1) is 0 Å². The van der Waals surface area contributed by atoms with Crippen LogP contribution in [0.15, 0.2) is 70.2 Å². The maximum absolute atomic E-state index is 13.0. The van der Waals surface area contributed by atoms with Gasteiger partial charge < -0.3 is 0 Å². The lowest BCUT2D eigenvalue weighted by molar-refractivity contribution is -0.137. The fraction of sp³-hybridized carbons (Fsp3) is 0.167. The summed E-state index contributed by atoms with van der Waals surface area (Å²) in [6, 6.07) is 9.36. The fourth-order valence-corrected chi connectivity index (χ4v) is 4.80. The average Bonchev–Trinajstić information content (AvgIpc) is 2.61. The zero-order valence-corrected chi connectivity index (χ0v) is 16.1. The average molecular weight is 460 g/mol. The Morgan fingerprint density at radius 1 is 1.04 bits per heavy atom. The van der Waals surface area contributed by atoms with Crippen LogP contribution in [0.1, 0.15) is 23.6 Å². The first kappa shape index (κ1) is 19.6. The number of hydrogen-bond acceptors (Lipinski definition) is 3. The van der Waals surface area contributed by atoms with Gasteiger partial charge in [0.15, 0.2) is 5.78 Å². The number of alkyl halides is 3. The van der Waals surface area contributed by atoms with Crippen LogP contribution >= 0.6 is 15.9 Å². The largest absolute Gasteiger partial charge is 0.416 e. The molecular formula is C18H13BrF3NO3S. The van der Waals surface area contributed by atoms with E-state index in [2.05, 4.69) is 15.9 Å². The van der Waals surface area contributed by atoms with Gasteiger partial charge in [0.2, 0.25) is 0 Å². The van der Waals surface area contributed by atoms with Crippen LogP contribution in [0.3, 0.4) is 0 Å². The Balaban J connectivity index is 2.04. The number of allylic oxidation sites excluding steroid dienone is 1. The van der Waals surface area contributed by atoms with Crippen molar-refractivity contribution in [1.29, 1.82) is 0 Å². The van der Waals surface area contributed by atoms with Crippen LogP contribution in [0.2, 0.25) is 0 Å². The van der Waals surface area contributed by atoms with Crippen molar-refractivity contribution in [1.82, 2.24) is 4.31 Å². The van der Waals surface area contributed by atoms with E-state index in [1.54, 1.807) is 24.3 Å². The van der Waals surface area contributed by atoms with Gasteiger partial charge >= 0.3 is 6.18 Å². The Kier molecular flexibility index (Phi) is 5.18. The van der Waals surface area contributed by atoms with Crippen LogP contribution in [-0.4, -0.2) is 18.5 Å². The summed E-state index contributed by atoms with van der Waals surface area (Å²) >= 11 is 3.35. The second-order valence-corrected chi connectivity index (χ2v) is 8.58. The Morgan fingerprint density at radius 2 is 1.67 bits per heavy atom. The predicted octanol–water partition coefficient (Wildman–Crippen LogP) is 4.69. The number of rotatable bonds is 3. The molecule has 0 aromatic heterocycles. The van der Waals surface area contributed by atoms with Gasteiger partial charge in [0.05, 0.1) is 16.5 Å². The molecular weight excluding hydrogens is 447 g/mol. The first-order chi connectivity index (χ1) is 12.6. The Bertz CT molecular complexity index is 1000. The highest BCUT2D eigenvalue weighted by Gasteiger charge is 2.35. The summed E-state index contributed by atoms with van der Waals surface area (Å²) in [6.07, 6.45) is -2.33. The molecule has 2 aromatic rings. The number of nitrogens with zero attached hydrogens (tertiary/aromatic N) is 1. The van der Waals surface area contributed by atoms with E-state index in [-0.39, 0.29) is 17.1 Å². The zero-order chi connectivity index (χ0) is 19.8. The molecule has 0 N–H and O–H groups in total. The molecule has 1 aliphatic rings. The van der Waals surface area contributed by atoms with Gasteiger partial charge in [0.25, 0.3) is 10.0 Å². The van der Waals surface area contributed by atoms with E-state index in [1.807, 2.05) is 0 Å². The Labute approximate surface area is 162 Å². The van der Waals surface area contributed by atoms with E-state index in [0.717, 1.165) is 40.8 Å². The minimum atomic E-state index is -4.56. The standard InChI is InChI=1S/C18H13BrF3NO3S/c19-16-4-2-1-3-15(16)17-11-13(24)9-10-23(17)27(25,26)14-7-5-12(6-8-14)18(20,21)22/h1-10,17H,11H2. The molecule has 2 aromatic carbocycles. The number of carbonyl (C=O) groups excluding carboxylic acids is 1.